The van der Waals surface area contributed by atoms with E-state index in [9.17, 15) is 4.79 Å². The molecule has 0 bridgehead atoms. The Bertz CT molecular complexity index is 1190. The topological polar surface area (TPSA) is 66.3 Å². The molecule has 0 aliphatic carbocycles. The number of H-pyrrole nitrogens is 1. The Morgan fingerprint density at radius 3 is 2.72 bits per heavy atom. The molecule has 4 rings (SSSR count). The summed E-state index contributed by atoms with van der Waals surface area (Å²) >= 11 is 5.99. The first-order valence-corrected chi connectivity index (χ1v) is 9.52. The van der Waals surface area contributed by atoms with Gasteiger partial charge in [0.25, 0.3) is 0 Å². The second-order valence-corrected chi connectivity index (χ2v) is 7.36. The molecule has 2 heterocycles. The predicted octanol–water partition coefficient (Wildman–Crippen LogP) is 4.19. The monoisotopic (exact) mass is 405 g/mol. The summed E-state index contributed by atoms with van der Waals surface area (Å²) in [6.45, 7) is 0.643. The number of para-hydroxylation sites is 1. The van der Waals surface area contributed by atoms with Crippen LogP contribution in [0.3, 0.4) is 0 Å². The average Bonchev–Trinajstić information content (AvgIpc) is 3.33. The van der Waals surface area contributed by atoms with E-state index in [4.69, 9.17) is 11.6 Å². The number of carbonyl (C=O) groups excluding carboxylic acids is 1. The third-order valence-corrected chi connectivity index (χ3v) is 4.79. The molecule has 6 nitrogen and oxygen atoms in total. The number of carbonyl (C=O) groups is 1. The predicted molar refractivity (Wildman–Crippen MR) is 116 cm³/mol. The van der Waals surface area contributed by atoms with Crippen molar-refractivity contribution in [3.05, 3.63) is 88.6 Å². The maximum atomic E-state index is 13.1. The van der Waals surface area contributed by atoms with E-state index in [1.807, 2.05) is 68.8 Å². The lowest BCUT2D eigenvalue weighted by Gasteiger charge is -2.05. The first kappa shape index (κ1) is 19.0. The van der Waals surface area contributed by atoms with Crippen LogP contribution >= 0.6 is 11.6 Å². The van der Waals surface area contributed by atoms with Gasteiger partial charge in [-0.05, 0) is 23.8 Å². The zero-order valence-corrected chi connectivity index (χ0v) is 16.9. The lowest BCUT2D eigenvalue weighted by atomic mass is 10.1. The number of benzene rings is 2. The lowest BCUT2D eigenvalue weighted by molar-refractivity contribution is 0.103. The molecule has 0 aliphatic heterocycles. The highest BCUT2D eigenvalue weighted by Crippen LogP contribution is 2.24. The van der Waals surface area contributed by atoms with Gasteiger partial charge in [-0.25, -0.2) is 4.98 Å². The fourth-order valence-electron chi connectivity index (χ4n) is 3.17. The summed E-state index contributed by atoms with van der Waals surface area (Å²) < 4.78 is 2.07. The summed E-state index contributed by atoms with van der Waals surface area (Å²) in [4.78, 5) is 20.4. The molecule has 0 unspecified atom stereocenters. The largest absolute Gasteiger partial charge is 0.342 e. The van der Waals surface area contributed by atoms with Crippen molar-refractivity contribution < 1.29 is 4.79 Å². The van der Waals surface area contributed by atoms with Crippen LogP contribution in [0.2, 0.25) is 5.02 Å². The fourth-order valence-corrected chi connectivity index (χ4v) is 3.29. The molecule has 0 amide bonds. The minimum absolute atomic E-state index is 0.152. The first-order valence-electron chi connectivity index (χ1n) is 9.14. The SMILES string of the molecule is CN(C)/N=C/c1cnc(C(=O)c2cn(Cc3ccc(Cl)cc3)c3ccccc23)[nH]1. The summed E-state index contributed by atoms with van der Waals surface area (Å²) in [5.41, 5.74) is 3.38. The minimum Gasteiger partial charge on any atom is -0.342 e. The Kier molecular flexibility index (Phi) is 5.18. The van der Waals surface area contributed by atoms with E-state index < -0.39 is 0 Å². The van der Waals surface area contributed by atoms with E-state index in [-0.39, 0.29) is 5.78 Å². The van der Waals surface area contributed by atoms with Crippen molar-refractivity contribution >= 4 is 34.5 Å². The Morgan fingerprint density at radius 1 is 1.21 bits per heavy atom. The van der Waals surface area contributed by atoms with Gasteiger partial charge in [-0.15, -0.1) is 0 Å². The van der Waals surface area contributed by atoms with Crippen LogP contribution in [0.25, 0.3) is 10.9 Å². The number of aromatic nitrogens is 3. The van der Waals surface area contributed by atoms with Crippen LogP contribution in [0.5, 0.6) is 0 Å². The number of nitrogens with one attached hydrogen (secondary N) is 1. The second kappa shape index (κ2) is 7.93. The molecule has 4 aromatic rings. The van der Waals surface area contributed by atoms with Gasteiger partial charge in [0.2, 0.25) is 5.78 Å². The standard InChI is InChI=1S/C22H20ClN5O/c1-27(2)25-12-17-11-24-22(26-17)21(29)19-14-28(20-6-4-3-5-18(19)20)13-15-7-9-16(23)10-8-15/h3-12,14H,13H2,1-2H3,(H,24,26)/b25-12+. The van der Waals surface area contributed by atoms with E-state index in [0.717, 1.165) is 16.5 Å². The Morgan fingerprint density at radius 2 is 1.97 bits per heavy atom. The highest BCUT2D eigenvalue weighted by Gasteiger charge is 2.19. The van der Waals surface area contributed by atoms with Crippen LogP contribution in [-0.2, 0) is 6.54 Å². The Labute approximate surface area is 173 Å². The summed E-state index contributed by atoms with van der Waals surface area (Å²) in [6.07, 6.45) is 5.12. The van der Waals surface area contributed by atoms with E-state index in [1.54, 1.807) is 17.4 Å². The third kappa shape index (κ3) is 4.07. The smallest absolute Gasteiger partial charge is 0.230 e. The van der Waals surface area contributed by atoms with Crippen LogP contribution in [0.4, 0.5) is 0 Å². The maximum Gasteiger partial charge on any atom is 0.230 e. The molecule has 0 aliphatic rings. The van der Waals surface area contributed by atoms with Gasteiger partial charge >= 0.3 is 0 Å². The first-order chi connectivity index (χ1) is 14.0. The number of hydrogen-bond donors (Lipinski definition) is 1. The van der Waals surface area contributed by atoms with Gasteiger partial charge in [0.1, 0.15) is 0 Å². The highest BCUT2D eigenvalue weighted by atomic mass is 35.5. The van der Waals surface area contributed by atoms with Crippen LogP contribution in [-0.4, -0.2) is 45.6 Å². The molecule has 1 N–H and O–H groups in total. The number of hydrazone groups is 1. The number of fused-ring (bicyclic) bond motifs is 1. The molecule has 0 saturated heterocycles. The summed E-state index contributed by atoms with van der Waals surface area (Å²) in [5, 5.41) is 7.43. The molecule has 0 spiro atoms. The van der Waals surface area contributed by atoms with Gasteiger partial charge in [-0.1, -0.05) is 41.9 Å². The molecular weight excluding hydrogens is 386 g/mol. The molecule has 7 heteroatoms. The van der Waals surface area contributed by atoms with Gasteiger partial charge in [-0.2, -0.15) is 5.10 Å². The molecule has 29 heavy (non-hydrogen) atoms. The van der Waals surface area contributed by atoms with E-state index in [2.05, 4.69) is 19.6 Å². The van der Waals surface area contributed by atoms with Gasteiger partial charge in [-0.3, -0.25) is 4.79 Å². The van der Waals surface area contributed by atoms with E-state index >= 15 is 0 Å². The maximum absolute atomic E-state index is 13.1. The number of nitrogens with zero attached hydrogens (tertiary/aromatic N) is 4. The molecule has 146 valence electrons. The van der Waals surface area contributed by atoms with Crippen LogP contribution in [0, 0.1) is 0 Å². The quantitative estimate of drug-likeness (QED) is 0.297. The molecule has 0 saturated carbocycles. The molecule has 0 radical (unpaired) electrons. The van der Waals surface area contributed by atoms with Crippen molar-refractivity contribution in [2.45, 2.75) is 6.54 Å². The minimum atomic E-state index is -0.152. The van der Waals surface area contributed by atoms with E-state index in [1.165, 1.54) is 0 Å². The second-order valence-electron chi connectivity index (χ2n) is 6.92. The molecule has 2 aromatic heterocycles. The number of halogens is 1. The zero-order chi connectivity index (χ0) is 20.4. The van der Waals surface area contributed by atoms with Crippen LogP contribution < -0.4 is 0 Å². The van der Waals surface area contributed by atoms with Crippen LogP contribution in [0.1, 0.15) is 27.4 Å². The number of ketones is 1. The van der Waals surface area contributed by atoms with Gasteiger partial charge in [0, 0.05) is 42.8 Å². The number of rotatable bonds is 6. The summed E-state index contributed by atoms with van der Waals surface area (Å²) in [5.74, 6) is 0.139. The molecular formula is C22H20ClN5O. The van der Waals surface area contributed by atoms with Crippen LogP contribution in [0.15, 0.2) is 66.0 Å². The fraction of sp³-hybridized carbons (Fsp3) is 0.136. The zero-order valence-electron chi connectivity index (χ0n) is 16.1. The Hall–Kier alpha value is -3.38. The highest BCUT2D eigenvalue weighted by molar-refractivity contribution is 6.30. The van der Waals surface area contributed by atoms with Crippen molar-refractivity contribution in [1.29, 1.82) is 0 Å². The lowest BCUT2D eigenvalue weighted by Crippen LogP contribution is -2.04. The van der Waals surface area contributed by atoms with Crippen molar-refractivity contribution in [1.82, 2.24) is 19.5 Å². The van der Waals surface area contributed by atoms with Crippen molar-refractivity contribution in [3.8, 4) is 0 Å². The number of imidazole rings is 1. The summed E-state index contributed by atoms with van der Waals surface area (Å²) in [6, 6.07) is 15.6. The van der Waals surface area contributed by atoms with Gasteiger partial charge in [0.15, 0.2) is 5.82 Å². The Balaban J connectivity index is 1.69. The van der Waals surface area contributed by atoms with E-state index in [0.29, 0.717) is 28.6 Å². The van der Waals surface area contributed by atoms with Crippen molar-refractivity contribution in [3.63, 3.8) is 0 Å². The number of hydrogen-bond acceptors (Lipinski definition) is 4. The normalized spacial score (nSPS) is 11.4. The number of aromatic amines is 1. The third-order valence-electron chi connectivity index (χ3n) is 4.54. The average molecular weight is 406 g/mol. The summed E-state index contributed by atoms with van der Waals surface area (Å²) in [7, 11) is 3.66. The van der Waals surface area contributed by atoms with Gasteiger partial charge < -0.3 is 14.6 Å². The molecule has 0 atom stereocenters. The van der Waals surface area contributed by atoms with Gasteiger partial charge in [0.05, 0.1) is 23.7 Å². The molecule has 2 aromatic carbocycles. The molecule has 0 fully saturated rings. The van der Waals surface area contributed by atoms with Crippen molar-refractivity contribution in [2.75, 3.05) is 14.1 Å². The van der Waals surface area contributed by atoms with Crippen molar-refractivity contribution in [2.24, 2.45) is 5.10 Å².